The molecule has 0 bridgehead atoms. The molecule has 0 nitrogen and oxygen atoms in total. The standard InChI is InChI=1S/C18H20/c1-3-16-9-7-8-12-18(16)14-13-15(2)17-10-5-4-6-11-17/h4-15H,3H2,1-2H3. The zero-order chi connectivity index (χ0) is 12.8. The molecule has 2 aromatic carbocycles. The van der Waals surface area contributed by atoms with Crippen LogP contribution in [0, 0.1) is 0 Å². The molecule has 0 aromatic heterocycles. The molecule has 0 heterocycles. The molecular formula is C18H20. The van der Waals surface area contributed by atoms with Gasteiger partial charge in [0.05, 0.1) is 0 Å². The molecule has 0 aliphatic carbocycles. The van der Waals surface area contributed by atoms with Gasteiger partial charge in [-0.25, -0.2) is 0 Å². The van der Waals surface area contributed by atoms with Crippen LogP contribution in [0.5, 0.6) is 0 Å². The van der Waals surface area contributed by atoms with Crippen LogP contribution in [0.3, 0.4) is 0 Å². The molecule has 92 valence electrons. The van der Waals surface area contributed by atoms with E-state index >= 15 is 0 Å². The van der Waals surface area contributed by atoms with Crippen molar-refractivity contribution < 1.29 is 0 Å². The SMILES string of the molecule is CCc1ccccc1C=CC(C)c1ccccc1. The second kappa shape index (κ2) is 6.20. The number of hydrogen-bond donors (Lipinski definition) is 0. The minimum Gasteiger partial charge on any atom is -0.0767 e. The predicted octanol–water partition coefficient (Wildman–Crippen LogP) is 5.07. The molecule has 0 saturated carbocycles. The van der Waals surface area contributed by atoms with Gasteiger partial charge in [-0.1, -0.05) is 80.6 Å². The zero-order valence-corrected chi connectivity index (χ0v) is 11.1. The normalized spacial score (nSPS) is 12.8. The fourth-order valence-electron chi connectivity index (χ4n) is 2.13. The van der Waals surface area contributed by atoms with E-state index in [4.69, 9.17) is 0 Å². The highest BCUT2D eigenvalue weighted by Gasteiger charge is 2.00. The van der Waals surface area contributed by atoms with Gasteiger partial charge in [0.2, 0.25) is 0 Å². The molecule has 0 radical (unpaired) electrons. The van der Waals surface area contributed by atoms with Crippen LogP contribution in [0.4, 0.5) is 0 Å². The van der Waals surface area contributed by atoms with Gasteiger partial charge in [0.15, 0.2) is 0 Å². The maximum absolute atomic E-state index is 2.28. The van der Waals surface area contributed by atoms with E-state index in [-0.39, 0.29) is 0 Å². The lowest BCUT2D eigenvalue weighted by Crippen LogP contribution is -1.89. The number of hydrogen-bond acceptors (Lipinski definition) is 0. The van der Waals surface area contributed by atoms with Crippen LogP contribution in [-0.4, -0.2) is 0 Å². The first-order valence-electron chi connectivity index (χ1n) is 6.62. The van der Waals surface area contributed by atoms with Crippen molar-refractivity contribution in [2.24, 2.45) is 0 Å². The summed E-state index contributed by atoms with van der Waals surface area (Å²) in [6.45, 7) is 4.44. The van der Waals surface area contributed by atoms with E-state index in [0.29, 0.717) is 5.92 Å². The van der Waals surface area contributed by atoms with Crippen molar-refractivity contribution in [3.05, 3.63) is 77.4 Å². The summed E-state index contributed by atoms with van der Waals surface area (Å²) in [7, 11) is 0. The Morgan fingerprint density at radius 1 is 0.944 bits per heavy atom. The second-order valence-corrected chi connectivity index (χ2v) is 4.61. The van der Waals surface area contributed by atoms with E-state index in [0.717, 1.165) is 6.42 Å². The molecule has 0 N–H and O–H groups in total. The van der Waals surface area contributed by atoms with E-state index in [2.05, 4.69) is 80.6 Å². The number of rotatable bonds is 4. The summed E-state index contributed by atoms with van der Waals surface area (Å²) in [6.07, 6.45) is 5.61. The van der Waals surface area contributed by atoms with Gasteiger partial charge < -0.3 is 0 Å². The quantitative estimate of drug-likeness (QED) is 0.695. The summed E-state index contributed by atoms with van der Waals surface area (Å²) >= 11 is 0. The summed E-state index contributed by atoms with van der Waals surface area (Å²) in [6, 6.07) is 19.2. The third-order valence-corrected chi connectivity index (χ3v) is 3.33. The monoisotopic (exact) mass is 236 g/mol. The third-order valence-electron chi connectivity index (χ3n) is 3.33. The van der Waals surface area contributed by atoms with Crippen molar-refractivity contribution in [1.29, 1.82) is 0 Å². The van der Waals surface area contributed by atoms with Crippen molar-refractivity contribution in [3.8, 4) is 0 Å². The molecule has 0 aliphatic heterocycles. The van der Waals surface area contributed by atoms with Crippen LogP contribution in [0.15, 0.2) is 60.7 Å². The fourth-order valence-corrected chi connectivity index (χ4v) is 2.13. The largest absolute Gasteiger partial charge is 0.0767 e. The fraction of sp³-hybridized carbons (Fsp3) is 0.222. The molecule has 0 saturated heterocycles. The molecule has 2 aromatic rings. The van der Waals surface area contributed by atoms with Gasteiger partial charge in [-0.2, -0.15) is 0 Å². The second-order valence-electron chi connectivity index (χ2n) is 4.61. The number of allylic oxidation sites excluding steroid dienone is 1. The first-order chi connectivity index (χ1) is 8.81. The molecular weight excluding hydrogens is 216 g/mol. The highest BCUT2D eigenvalue weighted by Crippen LogP contribution is 2.19. The average Bonchev–Trinajstić information content (AvgIpc) is 2.46. The highest BCUT2D eigenvalue weighted by atomic mass is 14.1. The van der Waals surface area contributed by atoms with E-state index in [1.807, 2.05) is 0 Å². The summed E-state index contributed by atoms with van der Waals surface area (Å²) in [5, 5.41) is 0. The van der Waals surface area contributed by atoms with Crippen molar-refractivity contribution in [1.82, 2.24) is 0 Å². The Bertz CT molecular complexity index is 509. The maximum atomic E-state index is 2.28. The Labute approximate surface area is 110 Å². The van der Waals surface area contributed by atoms with Crippen molar-refractivity contribution >= 4 is 6.08 Å². The molecule has 2 rings (SSSR count). The molecule has 0 amide bonds. The first-order valence-corrected chi connectivity index (χ1v) is 6.62. The van der Waals surface area contributed by atoms with Gasteiger partial charge in [-0.05, 0) is 29.0 Å². The minimum absolute atomic E-state index is 0.455. The van der Waals surface area contributed by atoms with E-state index in [1.54, 1.807) is 0 Å². The van der Waals surface area contributed by atoms with E-state index < -0.39 is 0 Å². The van der Waals surface area contributed by atoms with Gasteiger partial charge in [-0.3, -0.25) is 0 Å². The lowest BCUT2D eigenvalue weighted by atomic mass is 9.98. The van der Waals surface area contributed by atoms with Gasteiger partial charge in [-0.15, -0.1) is 0 Å². The molecule has 18 heavy (non-hydrogen) atoms. The van der Waals surface area contributed by atoms with E-state index in [1.165, 1.54) is 16.7 Å². The molecule has 0 heteroatoms. The maximum Gasteiger partial charge on any atom is -0.000711 e. The van der Waals surface area contributed by atoms with Gasteiger partial charge in [0.25, 0.3) is 0 Å². The Morgan fingerprint density at radius 2 is 1.61 bits per heavy atom. The molecule has 0 fully saturated rings. The Balaban J connectivity index is 2.16. The first kappa shape index (κ1) is 12.6. The summed E-state index contributed by atoms with van der Waals surface area (Å²) in [4.78, 5) is 0. The lowest BCUT2D eigenvalue weighted by Gasteiger charge is -2.07. The molecule has 1 atom stereocenters. The van der Waals surface area contributed by atoms with Crippen LogP contribution < -0.4 is 0 Å². The number of benzene rings is 2. The smallest absolute Gasteiger partial charge is 0.000711 e. The van der Waals surface area contributed by atoms with Gasteiger partial charge in [0, 0.05) is 0 Å². The Morgan fingerprint density at radius 3 is 2.33 bits per heavy atom. The average molecular weight is 236 g/mol. The summed E-state index contributed by atoms with van der Waals surface area (Å²) < 4.78 is 0. The molecule has 0 spiro atoms. The van der Waals surface area contributed by atoms with Crippen LogP contribution in [0.2, 0.25) is 0 Å². The number of aryl methyl sites for hydroxylation is 1. The Kier molecular flexibility index (Phi) is 4.35. The molecule has 1 unspecified atom stereocenters. The lowest BCUT2D eigenvalue weighted by molar-refractivity contribution is 0.972. The Hall–Kier alpha value is -1.82. The van der Waals surface area contributed by atoms with Gasteiger partial charge in [0.1, 0.15) is 0 Å². The van der Waals surface area contributed by atoms with Crippen LogP contribution >= 0.6 is 0 Å². The van der Waals surface area contributed by atoms with E-state index in [9.17, 15) is 0 Å². The minimum atomic E-state index is 0.455. The van der Waals surface area contributed by atoms with Crippen LogP contribution in [-0.2, 0) is 6.42 Å². The third kappa shape index (κ3) is 3.10. The predicted molar refractivity (Wildman–Crippen MR) is 79.7 cm³/mol. The summed E-state index contributed by atoms with van der Waals surface area (Å²) in [5.74, 6) is 0.455. The zero-order valence-electron chi connectivity index (χ0n) is 11.1. The van der Waals surface area contributed by atoms with Crippen molar-refractivity contribution in [2.75, 3.05) is 0 Å². The molecule has 0 aliphatic rings. The topological polar surface area (TPSA) is 0 Å². The van der Waals surface area contributed by atoms with Crippen LogP contribution in [0.1, 0.15) is 36.5 Å². The highest BCUT2D eigenvalue weighted by molar-refractivity contribution is 5.54. The van der Waals surface area contributed by atoms with Gasteiger partial charge >= 0.3 is 0 Å². The summed E-state index contributed by atoms with van der Waals surface area (Å²) in [5.41, 5.74) is 4.11. The van der Waals surface area contributed by atoms with Crippen molar-refractivity contribution in [3.63, 3.8) is 0 Å². The van der Waals surface area contributed by atoms with Crippen molar-refractivity contribution in [2.45, 2.75) is 26.2 Å². The van der Waals surface area contributed by atoms with Crippen LogP contribution in [0.25, 0.3) is 6.08 Å².